The molecule has 2 N–H and O–H groups in total. The van der Waals surface area contributed by atoms with Crippen molar-refractivity contribution in [1.29, 1.82) is 0 Å². The first-order valence-electron chi connectivity index (χ1n) is 5.18. The Balaban J connectivity index is 2.30. The van der Waals surface area contributed by atoms with Crippen molar-refractivity contribution in [3.05, 3.63) is 53.7 Å². The van der Waals surface area contributed by atoms with Crippen LogP contribution in [0, 0.1) is 6.92 Å². The van der Waals surface area contributed by atoms with E-state index in [0.29, 0.717) is 5.82 Å². The van der Waals surface area contributed by atoms with Crippen molar-refractivity contribution in [2.45, 2.75) is 13.5 Å². The standard InChI is InChI=1S/C13H14N2O/c1-10-5-2-3-7-12(10)15-13-11(9-16)6-4-8-14-13/h2-8,16H,9H2,1H3,(H,14,15). The van der Waals surface area contributed by atoms with E-state index in [1.54, 1.807) is 6.20 Å². The van der Waals surface area contributed by atoms with Crippen molar-refractivity contribution in [1.82, 2.24) is 4.98 Å². The van der Waals surface area contributed by atoms with Crippen LogP contribution in [0.1, 0.15) is 11.1 Å². The van der Waals surface area contributed by atoms with Crippen molar-refractivity contribution < 1.29 is 5.11 Å². The molecule has 0 spiro atoms. The van der Waals surface area contributed by atoms with Crippen LogP contribution in [0.2, 0.25) is 0 Å². The van der Waals surface area contributed by atoms with Crippen LogP contribution in [0.15, 0.2) is 42.6 Å². The molecule has 0 bridgehead atoms. The summed E-state index contributed by atoms with van der Waals surface area (Å²) in [6.45, 7) is 2.02. The number of aliphatic hydroxyl groups is 1. The van der Waals surface area contributed by atoms with Crippen molar-refractivity contribution >= 4 is 11.5 Å². The lowest BCUT2D eigenvalue weighted by Crippen LogP contribution is -1.99. The van der Waals surface area contributed by atoms with Gasteiger partial charge in [0.2, 0.25) is 0 Å². The molecule has 0 saturated carbocycles. The lowest BCUT2D eigenvalue weighted by atomic mass is 10.2. The van der Waals surface area contributed by atoms with Gasteiger partial charge in [-0.3, -0.25) is 0 Å². The first kappa shape index (κ1) is 10.6. The quantitative estimate of drug-likeness (QED) is 0.825. The number of hydrogen-bond donors (Lipinski definition) is 2. The molecule has 2 aromatic rings. The lowest BCUT2D eigenvalue weighted by Gasteiger charge is -2.11. The number of pyridine rings is 1. The number of rotatable bonds is 3. The molecule has 1 aromatic carbocycles. The van der Waals surface area contributed by atoms with Crippen LogP contribution in [0.5, 0.6) is 0 Å². The summed E-state index contributed by atoms with van der Waals surface area (Å²) in [6.07, 6.45) is 1.71. The molecule has 0 aliphatic heterocycles. The Morgan fingerprint density at radius 2 is 2.00 bits per heavy atom. The van der Waals surface area contributed by atoms with Crippen LogP contribution in [0.3, 0.4) is 0 Å². The van der Waals surface area contributed by atoms with Gasteiger partial charge in [0.25, 0.3) is 0 Å². The minimum atomic E-state index is -0.0119. The summed E-state index contributed by atoms with van der Waals surface area (Å²) >= 11 is 0. The van der Waals surface area contributed by atoms with Crippen LogP contribution >= 0.6 is 0 Å². The van der Waals surface area contributed by atoms with Gasteiger partial charge in [-0.15, -0.1) is 0 Å². The van der Waals surface area contributed by atoms with Crippen molar-refractivity contribution in [2.75, 3.05) is 5.32 Å². The van der Waals surface area contributed by atoms with Gasteiger partial charge < -0.3 is 10.4 Å². The van der Waals surface area contributed by atoms with Gasteiger partial charge in [-0.2, -0.15) is 0 Å². The number of anilines is 2. The van der Waals surface area contributed by atoms with Gasteiger partial charge in [0.05, 0.1) is 6.61 Å². The van der Waals surface area contributed by atoms with E-state index < -0.39 is 0 Å². The number of benzene rings is 1. The number of aromatic nitrogens is 1. The van der Waals surface area contributed by atoms with Gasteiger partial charge in [-0.1, -0.05) is 24.3 Å². The molecule has 1 aromatic heterocycles. The highest BCUT2D eigenvalue weighted by atomic mass is 16.3. The van der Waals surface area contributed by atoms with E-state index in [2.05, 4.69) is 10.3 Å². The molecule has 0 unspecified atom stereocenters. The SMILES string of the molecule is Cc1ccccc1Nc1ncccc1CO. The number of aliphatic hydroxyl groups excluding tert-OH is 1. The molecular weight excluding hydrogens is 200 g/mol. The maximum Gasteiger partial charge on any atom is 0.135 e. The van der Waals surface area contributed by atoms with E-state index in [4.69, 9.17) is 0 Å². The van der Waals surface area contributed by atoms with Crippen LogP contribution < -0.4 is 5.32 Å². The molecule has 0 atom stereocenters. The average molecular weight is 214 g/mol. The Hall–Kier alpha value is -1.87. The molecule has 3 nitrogen and oxygen atoms in total. The minimum absolute atomic E-state index is 0.0119. The number of nitrogens with one attached hydrogen (secondary N) is 1. The Morgan fingerprint density at radius 3 is 2.75 bits per heavy atom. The molecule has 0 aliphatic rings. The monoisotopic (exact) mass is 214 g/mol. The summed E-state index contributed by atoms with van der Waals surface area (Å²) in [4.78, 5) is 4.21. The highest BCUT2D eigenvalue weighted by Gasteiger charge is 2.03. The molecular formula is C13H14N2O. The summed E-state index contributed by atoms with van der Waals surface area (Å²) in [5, 5.41) is 12.4. The van der Waals surface area contributed by atoms with E-state index in [1.165, 1.54) is 0 Å². The summed E-state index contributed by atoms with van der Waals surface area (Å²) in [7, 11) is 0. The Morgan fingerprint density at radius 1 is 1.19 bits per heavy atom. The van der Waals surface area contributed by atoms with Crippen molar-refractivity contribution in [2.24, 2.45) is 0 Å². The normalized spacial score (nSPS) is 10.1. The summed E-state index contributed by atoms with van der Waals surface area (Å²) in [5.74, 6) is 0.708. The highest BCUT2D eigenvalue weighted by molar-refractivity contribution is 5.62. The molecule has 2 rings (SSSR count). The third-order valence-corrected chi connectivity index (χ3v) is 2.46. The molecule has 16 heavy (non-hydrogen) atoms. The number of hydrogen-bond acceptors (Lipinski definition) is 3. The second-order valence-corrected chi connectivity index (χ2v) is 3.61. The van der Waals surface area contributed by atoms with Crippen LogP contribution in [-0.4, -0.2) is 10.1 Å². The van der Waals surface area contributed by atoms with Crippen LogP contribution in [-0.2, 0) is 6.61 Å². The number of nitrogens with zero attached hydrogens (tertiary/aromatic N) is 1. The Kier molecular flexibility index (Phi) is 3.17. The average Bonchev–Trinajstić information content (AvgIpc) is 2.33. The Bertz CT molecular complexity index is 483. The zero-order chi connectivity index (χ0) is 11.4. The van der Waals surface area contributed by atoms with Gasteiger partial charge in [0, 0.05) is 17.4 Å². The first-order valence-corrected chi connectivity index (χ1v) is 5.18. The first-order chi connectivity index (χ1) is 7.81. The fourth-order valence-corrected chi connectivity index (χ4v) is 1.52. The zero-order valence-corrected chi connectivity index (χ0v) is 9.14. The van der Waals surface area contributed by atoms with E-state index in [9.17, 15) is 5.11 Å². The zero-order valence-electron chi connectivity index (χ0n) is 9.14. The molecule has 0 aliphatic carbocycles. The van der Waals surface area contributed by atoms with Gasteiger partial charge in [-0.25, -0.2) is 4.98 Å². The van der Waals surface area contributed by atoms with Crippen LogP contribution in [0.4, 0.5) is 11.5 Å². The molecule has 0 amide bonds. The summed E-state index contributed by atoms with van der Waals surface area (Å²) in [6, 6.07) is 11.7. The predicted molar refractivity (Wildman–Crippen MR) is 64.6 cm³/mol. The highest BCUT2D eigenvalue weighted by Crippen LogP contribution is 2.21. The predicted octanol–water partition coefficient (Wildman–Crippen LogP) is 2.63. The van der Waals surface area contributed by atoms with Crippen molar-refractivity contribution in [3.63, 3.8) is 0 Å². The van der Waals surface area contributed by atoms with E-state index in [1.807, 2.05) is 43.3 Å². The van der Waals surface area contributed by atoms with Crippen LogP contribution in [0.25, 0.3) is 0 Å². The maximum absolute atomic E-state index is 9.19. The molecule has 1 heterocycles. The fraction of sp³-hybridized carbons (Fsp3) is 0.154. The fourth-order valence-electron chi connectivity index (χ4n) is 1.52. The van der Waals surface area contributed by atoms with Gasteiger partial charge >= 0.3 is 0 Å². The third kappa shape index (κ3) is 2.20. The van der Waals surface area contributed by atoms with E-state index >= 15 is 0 Å². The molecule has 0 fully saturated rings. The topological polar surface area (TPSA) is 45.2 Å². The van der Waals surface area contributed by atoms with Gasteiger partial charge in [0.1, 0.15) is 5.82 Å². The van der Waals surface area contributed by atoms with Crippen molar-refractivity contribution in [3.8, 4) is 0 Å². The second kappa shape index (κ2) is 4.77. The third-order valence-electron chi connectivity index (χ3n) is 2.46. The summed E-state index contributed by atoms with van der Waals surface area (Å²) in [5.41, 5.74) is 2.96. The minimum Gasteiger partial charge on any atom is -0.392 e. The van der Waals surface area contributed by atoms with E-state index in [-0.39, 0.29) is 6.61 Å². The van der Waals surface area contributed by atoms with Gasteiger partial charge in [0.15, 0.2) is 0 Å². The number of para-hydroxylation sites is 1. The van der Waals surface area contributed by atoms with E-state index in [0.717, 1.165) is 16.8 Å². The largest absolute Gasteiger partial charge is 0.392 e. The molecule has 0 radical (unpaired) electrons. The molecule has 3 heteroatoms. The second-order valence-electron chi connectivity index (χ2n) is 3.61. The smallest absolute Gasteiger partial charge is 0.135 e. The maximum atomic E-state index is 9.19. The lowest BCUT2D eigenvalue weighted by molar-refractivity contribution is 0.282. The van der Waals surface area contributed by atoms with Gasteiger partial charge in [-0.05, 0) is 24.6 Å². The summed E-state index contributed by atoms with van der Waals surface area (Å²) < 4.78 is 0. The molecule has 0 saturated heterocycles. The molecule has 82 valence electrons. The Labute approximate surface area is 94.8 Å². The number of aryl methyl sites for hydroxylation is 1.